The summed E-state index contributed by atoms with van der Waals surface area (Å²) in [4.78, 5) is 89.5. The molecule has 0 radical (unpaired) electrons. The van der Waals surface area contributed by atoms with E-state index in [0.717, 1.165) is 77.1 Å². The quantitative estimate of drug-likeness (QED) is 0.0281. The first-order valence-electron chi connectivity index (χ1n) is 30.3. The molecule has 5 heterocycles. The zero-order chi connectivity index (χ0) is 62.2. The molecule has 87 heavy (non-hydrogen) atoms. The van der Waals surface area contributed by atoms with Crippen LogP contribution in [0.3, 0.4) is 0 Å². The predicted octanol–water partition coefficient (Wildman–Crippen LogP) is 3.15. The van der Waals surface area contributed by atoms with Crippen LogP contribution in [0.2, 0.25) is 0 Å². The summed E-state index contributed by atoms with van der Waals surface area (Å²) in [7, 11) is 0. The number of piperazine rings is 1. The highest BCUT2D eigenvalue weighted by atomic mass is 19.1. The van der Waals surface area contributed by atoms with Crippen molar-refractivity contribution < 1.29 is 67.7 Å². The van der Waals surface area contributed by atoms with E-state index >= 15 is 4.39 Å². The third-order valence-corrected chi connectivity index (χ3v) is 15.9. The van der Waals surface area contributed by atoms with Gasteiger partial charge >= 0.3 is 17.9 Å². The summed E-state index contributed by atoms with van der Waals surface area (Å²) in [5, 5.41) is 42.0. The molecular formula is C61H89FN12O13. The van der Waals surface area contributed by atoms with Crippen LogP contribution in [-0.2, 0) is 49.3 Å². The van der Waals surface area contributed by atoms with Crippen molar-refractivity contribution in [2.45, 2.75) is 64.5 Å². The number of anilines is 2. The molecule has 0 spiro atoms. The number of carbonyl (C=O) groups is 5. The minimum absolute atomic E-state index is 0.000505. The molecule has 3 fully saturated rings. The standard InChI is InChI=1S/C61H89FN12O13/c1-4-45-5-6-50-51(37-45)67-59(66-50)57-58(73-13-9-48(63)10-14-73)49(46-35-43(2)36-47(62)38-46)39-65-60(57)74-25-23-72(24-26-74)54(77)11-27-84-29-31-86-33-34-87-32-30-85-28-12-64-53(76)8-7-52(61(82)83)71-21-19-69(41-55(78)79)17-15-68(40-44(3)75)16-18-70(20-22-71)42-56(80)81/h5-6,35-39,48,52,75H,3-4,7-34,40-42,63H2,1-2H3,(H,64,76)(H,66,67)(H,78,79)(H,80,81)(H,82,83). The summed E-state index contributed by atoms with van der Waals surface area (Å²) in [6.45, 7) is 15.2. The highest BCUT2D eigenvalue weighted by Crippen LogP contribution is 2.45. The zero-order valence-electron chi connectivity index (χ0n) is 50.5. The van der Waals surface area contributed by atoms with E-state index in [4.69, 9.17) is 34.6 Å². The number of benzene rings is 2. The zero-order valence-corrected chi connectivity index (χ0v) is 50.5. The number of fused-ring (bicyclic) bond motifs is 1. The topological polar surface area (TPSA) is 305 Å². The van der Waals surface area contributed by atoms with Gasteiger partial charge in [-0.05, 0) is 73.6 Å². The van der Waals surface area contributed by atoms with Gasteiger partial charge in [-0.25, -0.2) is 14.4 Å². The van der Waals surface area contributed by atoms with Gasteiger partial charge in [-0.3, -0.25) is 43.6 Å². The molecule has 8 N–H and O–H groups in total. The Kier molecular flexibility index (Phi) is 26.9. The van der Waals surface area contributed by atoms with Gasteiger partial charge in [-0.2, -0.15) is 0 Å². The number of hydrogen-bond acceptors (Lipinski definition) is 19. The molecule has 0 saturated carbocycles. The van der Waals surface area contributed by atoms with Crippen LogP contribution in [0.4, 0.5) is 15.9 Å². The monoisotopic (exact) mass is 1220 g/mol. The summed E-state index contributed by atoms with van der Waals surface area (Å²) in [6.07, 6.45) is 4.45. The van der Waals surface area contributed by atoms with Gasteiger partial charge in [0.05, 0.1) is 107 Å². The number of carboxylic acid groups (broad SMARTS) is 3. The van der Waals surface area contributed by atoms with Crippen LogP contribution in [0.1, 0.15) is 50.2 Å². The van der Waals surface area contributed by atoms with Gasteiger partial charge < -0.3 is 70.1 Å². The molecule has 3 aliphatic rings. The van der Waals surface area contributed by atoms with Crippen molar-refractivity contribution in [2.24, 2.45) is 5.73 Å². The van der Waals surface area contributed by atoms with Crippen molar-refractivity contribution in [1.29, 1.82) is 0 Å². The summed E-state index contributed by atoms with van der Waals surface area (Å²) in [5.41, 5.74) is 13.5. The van der Waals surface area contributed by atoms with E-state index in [0.29, 0.717) is 91.2 Å². The number of aryl methyl sites for hydroxylation is 2. The number of aliphatic hydroxyl groups excluding tert-OH is 1. The Hall–Kier alpha value is -6.88. The van der Waals surface area contributed by atoms with E-state index < -0.39 is 23.9 Å². The SMILES string of the molecule is C=C(O)CN1CCN(CC(=O)O)CCN(C(CCC(=O)NCCOCCOCCOCCOCCC(=O)N2CCN(c3ncc(-c4cc(C)cc(F)c4)c(N4CCC(N)CC4)c3-c3nc4ccc(CC)cc4[nH]3)CC2)C(=O)O)CCN(CC(=O)O)CC1. The molecule has 3 saturated heterocycles. The first kappa shape index (κ1) is 67.6. The second kappa shape index (κ2) is 34.6. The van der Waals surface area contributed by atoms with Crippen molar-refractivity contribution in [3.05, 3.63) is 71.9 Å². The van der Waals surface area contributed by atoms with Crippen molar-refractivity contribution >= 4 is 52.3 Å². The summed E-state index contributed by atoms with van der Waals surface area (Å²) in [5.74, 6) is -2.59. The molecule has 7 rings (SSSR count). The van der Waals surface area contributed by atoms with E-state index in [1.165, 1.54) is 11.6 Å². The van der Waals surface area contributed by atoms with Crippen LogP contribution >= 0.6 is 0 Å². The number of amides is 2. The van der Waals surface area contributed by atoms with E-state index in [9.17, 15) is 44.4 Å². The van der Waals surface area contributed by atoms with E-state index in [1.54, 1.807) is 20.8 Å². The van der Waals surface area contributed by atoms with Crippen LogP contribution in [0, 0.1) is 12.7 Å². The lowest BCUT2D eigenvalue weighted by Gasteiger charge is -2.39. The second-order valence-electron chi connectivity index (χ2n) is 22.4. The molecular weight excluding hydrogens is 1130 g/mol. The number of piperidine rings is 1. The van der Waals surface area contributed by atoms with E-state index in [2.05, 4.69) is 45.7 Å². The number of aromatic amines is 1. The Morgan fingerprint density at radius 3 is 1.89 bits per heavy atom. The van der Waals surface area contributed by atoms with Crippen molar-refractivity contribution in [3.63, 3.8) is 0 Å². The van der Waals surface area contributed by atoms with Crippen LogP contribution in [0.25, 0.3) is 33.5 Å². The Balaban J connectivity index is 0.780. The third kappa shape index (κ3) is 21.4. The molecule has 2 amide bonds. The fraction of sp³-hybridized carbons (Fsp3) is 0.590. The lowest BCUT2D eigenvalue weighted by Crippen LogP contribution is -2.51. The Labute approximate surface area is 508 Å². The number of ether oxygens (including phenoxy) is 4. The number of H-pyrrole nitrogens is 1. The van der Waals surface area contributed by atoms with Crippen LogP contribution in [0.15, 0.2) is 54.9 Å². The number of nitrogens with zero attached hydrogens (tertiary/aromatic N) is 9. The summed E-state index contributed by atoms with van der Waals surface area (Å²) in [6, 6.07) is 10.3. The number of hydrogen-bond donors (Lipinski definition) is 7. The maximum absolute atomic E-state index is 15.1. The molecule has 26 heteroatoms. The third-order valence-electron chi connectivity index (χ3n) is 15.9. The molecule has 478 valence electrons. The predicted molar refractivity (Wildman–Crippen MR) is 327 cm³/mol. The molecule has 1 unspecified atom stereocenters. The lowest BCUT2D eigenvalue weighted by atomic mass is 9.96. The molecule has 3 aliphatic heterocycles. The molecule has 4 aromatic rings. The number of carboxylic acids is 3. The second-order valence-corrected chi connectivity index (χ2v) is 22.4. The minimum Gasteiger partial charge on any atom is -0.512 e. The Morgan fingerprint density at radius 1 is 0.724 bits per heavy atom. The maximum Gasteiger partial charge on any atom is 0.320 e. The fourth-order valence-electron chi connectivity index (χ4n) is 11.2. The van der Waals surface area contributed by atoms with E-state index in [1.807, 2.05) is 35.1 Å². The van der Waals surface area contributed by atoms with Crippen LogP contribution in [-0.4, -0.2) is 272 Å². The average molecular weight is 1220 g/mol. The van der Waals surface area contributed by atoms with Crippen molar-refractivity contribution in [1.82, 2.24) is 44.8 Å². The summed E-state index contributed by atoms with van der Waals surface area (Å²) < 4.78 is 37.7. The van der Waals surface area contributed by atoms with Gasteiger partial charge in [-0.1, -0.05) is 25.6 Å². The van der Waals surface area contributed by atoms with Crippen molar-refractivity contribution in [2.75, 3.05) is 180 Å². The number of halogens is 1. The molecule has 2 aromatic heterocycles. The number of aliphatic hydroxyl groups is 1. The smallest absolute Gasteiger partial charge is 0.320 e. The summed E-state index contributed by atoms with van der Waals surface area (Å²) >= 11 is 0. The van der Waals surface area contributed by atoms with Gasteiger partial charge in [0.2, 0.25) is 11.8 Å². The molecule has 0 aliphatic carbocycles. The molecule has 25 nitrogen and oxygen atoms in total. The first-order valence-corrected chi connectivity index (χ1v) is 30.3. The number of pyridine rings is 1. The van der Waals surface area contributed by atoms with Gasteiger partial charge in [0.15, 0.2) is 0 Å². The maximum atomic E-state index is 15.1. The normalized spacial score (nSPS) is 17.0. The lowest BCUT2D eigenvalue weighted by molar-refractivity contribution is -0.145. The largest absolute Gasteiger partial charge is 0.512 e. The van der Waals surface area contributed by atoms with Crippen LogP contribution in [0.5, 0.6) is 0 Å². The fourth-order valence-corrected chi connectivity index (χ4v) is 11.2. The number of aromatic nitrogens is 3. The van der Waals surface area contributed by atoms with Gasteiger partial charge in [0.1, 0.15) is 23.5 Å². The van der Waals surface area contributed by atoms with E-state index in [-0.39, 0.29) is 121 Å². The van der Waals surface area contributed by atoms with Gasteiger partial charge in [0, 0.05) is 122 Å². The Bertz CT molecular complexity index is 2850. The molecule has 1 atom stereocenters. The number of imidazole rings is 1. The average Bonchev–Trinajstić information content (AvgIpc) is 2.87. The first-order chi connectivity index (χ1) is 41.9. The highest BCUT2D eigenvalue weighted by Gasteiger charge is 2.33. The number of nitrogens with two attached hydrogens (primary N) is 1. The number of rotatable bonds is 31. The molecule has 2 aromatic carbocycles. The minimum atomic E-state index is -1.15. The van der Waals surface area contributed by atoms with Crippen LogP contribution < -0.4 is 20.9 Å². The van der Waals surface area contributed by atoms with Gasteiger partial charge in [-0.15, -0.1) is 0 Å². The van der Waals surface area contributed by atoms with Crippen molar-refractivity contribution in [3.8, 4) is 22.5 Å². The molecule has 0 bridgehead atoms. The highest BCUT2D eigenvalue weighted by molar-refractivity contribution is 5.96. The Morgan fingerprint density at radius 2 is 1.31 bits per heavy atom. The number of carbonyl (C=O) groups excluding carboxylic acids is 2. The number of nitrogens with one attached hydrogen (secondary N) is 2. The number of aliphatic carboxylic acids is 3. The van der Waals surface area contributed by atoms with Gasteiger partial charge in [0.25, 0.3) is 0 Å².